The van der Waals surface area contributed by atoms with E-state index in [1.165, 1.54) is 23.5 Å². The van der Waals surface area contributed by atoms with Crippen molar-refractivity contribution in [3.63, 3.8) is 0 Å². The number of Topliss-reactive ketones (excluding diaryl/α,β-unsaturated/α-hetero) is 1. The number of thiazole rings is 1. The number of anilines is 1. The normalized spacial score (nSPS) is 19.8. The molecule has 30 heavy (non-hydrogen) atoms. The molecule has 7 nitrogen and oxygen atoms in total. The highest BCUT2D eigenvalue weighted by Gasteiger charge is 2.42. The quantitative estimate of drug-likeness (QED) is 0.450. The van der Waals surface area contributed by atoms with Crippen LogP contribution in [0.1, 0.15) is 38.3 Å². The van der Waals surface area contributed by atoms with Gasteiger partial charge in [-0.3, -0.25) is 14.9 Å². The molecule has 5 rings (SSSR count). The summed E-state index contributed by atoms with van der Waals surface area (Å²) in [6, 6.07) is 11.8. The van der Waals surface area contributed by atoms with Gasteiger partial charge in [-0.2, -0.15) is 0 Å². The van der Waals surface area contributed by atoms with E-state index >= 15 is 0 Å². The molecule has 0 radical (unpaired) electrons. The second-order valence-electron chi connectivity index (χ2n) is 8.42. The van der Waals surface area contributed by atoms with Crippen molar-refractivity contribution in [2.45, 2.75) is 32.7 Å². The van der Waals surface area contributed by atoms with Gasteiger partial charge in [0.25, 0.3) is 5.69 Å². The molecule has 2 heterocycles. The van der Waals surface area contributed by atoms with Crippen LogP contribution in [0.2, 0.25) is 0 Å². The van der Waals surface area contributed by atoms with Crippen LogP contribution < -0.4 is 10.1 Å². The number of non-ortho nitro benzene ring substituents is 1. The van der Waals surface area contributed by atoms with Crippen LogP contribution in [0.5, 0.6) is 5.75 Å². The SMILES string of the molecule is CC1(C)CC(=O)C2=C(C1)Oc1ccc([N+](=O)[O-])cc1C2Nc1nc2ccccc2s1. The molecule has 1 aliphatic carbocycles. The van der Waals surface area contributed by atoms with Gasteiger partial charge in [-0.15, -0.1) is 0 Å². The van der Waals surface area contributed by atoms with E-state index in [0.29, 0.717) is 40.6 Å². The number of hydrogen-bond acceptors (Lipinski definition) is 7. The van der Waals surface area contributed by atoms with Crippen molar-refractivity contribution in [1.82, 2.24) is 4.98 Å². The first kappa shape index (κ1) is 18.7. The van der Waals surface area contributed by atoms with E-state index in [-0.39, 0.29) is 16.9 Å². The zero-order chi connectivity index (χ0) is 21.0. The first-order valence-corrected chi connectivity index (χ1v) is 10.5. The van der Waals surface area contributed by atoms with Gasteiger partial charge in [-0.1, -0.05) is 37.3 Å². The molecule has 1 N–H and O–H groups in total. The Bertz CT molecular complexity index is 1210. The number of para-hydroxylation sites is 1. The lowest BCUT2D eigenvalue weighted by molar-refractivity contribution is -0.385. The lowest BCUT2D eigenvalue weighted by Gasteiger charge is -2.38. The number of ketones is 1. The average Bonchev–Trinajstić information content (AvgIpc) is 3.08. The molecule has 0 saturated carbocycles. The largest absolute Gasteiger partial charge is 0.461 e. The minimum atomic E-state index is -0.548. The smallest absolute Gasteiger partial charge is 0.270 e. The van der Waals surface area contributed by atoms with Crippen molar-refractivity contribution in [3.8, 4) is 5.75 Å². The number of carbonyl (C=O) groups is 1. The van der Waals surface area contributed by atoms with Crippen LogP contribution in [0.25, 0.3) is 10.2 Å². The summed E-state index contributed by atoms with van der Waals surface area (Å²) in [6.07, 6.45) is 1.03. The maximum Gasteiger partial charge on any atom is 0.270 e. The number of hydrogen-bond donors (Lipinski definition) is 1. The third-order valence-electron chi connectivity index (χ3n) is 5.48. The van der Waals surface area contributed by atoms with Crippen LogP contribution >= 0.6 is 11.3 Å². The minimum Gasteiger partial charge on any atom is -0.461 e. The number of rotatable bonds is 3. The van der Waals surface area contributed by atoms with Gasteiger partial charge in [0.2, 0.25) is 0 Å². The fourth-order valence-corrected chi connectivity index (χ4v) is 5.05. The van der Waals surface area contributed by atoms with Crippen LogP contribution in [-0.4, -0.2) is 15.7 Å². The molecule has 152 valence electrons. The number of aromatic nitrogens is 1. The number of nitro benzene ring substituents is 1. The number of fused-ring (bicyclic) bond motifs is 2. The van der Waals surface area contributed by atoms with E-state index in [1.807, 2.05) is 38.1 Å². The Morgan fingerprint density at radius 2 is 2.03 bits per heavy atom. The average molecular weight is 421 g/mol. The van der Waals surface area contributed by atoms with Gasteiger partial charge in [-0.05, 0) is 23.6 Å². The molecule has 1 aromatic heterocycles. The Kier molecular flexibility index (Phi) is 4.14. The summed E-state index contributed by atoms with van der Waals surface area (Å²) in [5.41, 5.74) is 1.74. The Morgan fingerprint density at radius 3 is 2.80 bits per heavy atom. The van der Waals surface area contributed by atoms with Gasteiger partial charge < -0.3 is 10.1 Å². The number of nitrogens with one attached hydrogen (secondary N) is 1. The van der Waals surface area contributed by atoms with Crippen LogP contribution in [0, 0.1) is 15.5 Å². The monoisotopic (exact) mass is 421 g/mol. The highest BCUT2D eigenvalue weighted by atomic mass is 32.1. The molecule has 0 saturated heterocycles. The zero-order valence-electron chi connectivity index (χ0n) is 16.5. The molecule has 1 atom stereocenters. The fourth-order valence-electron chi connectivity index (χ4n) is 4.15. The van der Waals surface area contributed by atoms with Crippen LogP contribution in [0.4, 0.5) is 10.8 Å². The van der Waals surface area contributed by atoms with E-state index in [0.717, 1.165) is 10.2 Å². The van der Waals surface area contributed by atoms with E-state index in [4.69, 9.17) is 4.74 Å². The Labute approximate surface area is 176 Å². The number of benzene rings is 2. The molecule has 0 fully saturated rings. The van der Waals surface area contributed by atoms with Crippen LogP contribution in [-0.2, 0) is 4.79 Å². The Balaban J connectivity index is 1.64. The van der Waals surface area contributed by atoms with Gasteiger partial charge in [0.05, 0.1) is 26.8 Å². The van der Waals surface area contributed by atoms with Gasteiger partial charge in [0.1, 0.15) is 11.5 Å². The van der Waals surface area contributed by atoms with Gasteiger partial charge in [0.15, 0.2) is 10.9 Å². The molecule has 2 aliphatic rings. The summed E-state index contributed by atoms with van der Waals surface area (Å²) >= 11 is 1.49. The number of carbonyl (C=O) groups excluding carboxylic acids is 1. The minimum absolute atomic E-state index is 0.00276. The van der Waals surface area contributed by atoms with Crippen LogP contribution in [0.3, 0.4) is 0 Å². The summed E-state index contributed by atoms with van der Waals surface area (Å²) in [5.74, 6) is 1.16. The summed E-state index contributed by atoms with van der Waals surface area (Å²) in [7, 11) is 0. The molecule has 0 spiro atoms. The van der Waals surface area contributed by atoms with Gasteiger partial charge in [0, 0.05) is 30.5 Å². The van der Waals surface area contributed by atoms with E-state index in [9.17, 15) is 14.9 Å². The number of ether oxygens (including phenoxy) is 1. The summed E-state index contributed by atoms with van der Waals surface area (Å²) in [6.45, 7) is 4.08. The summed E-state index contributed by atoms with van der Waals surface area (Å²) in [5, 5.41) is 15.4. The van der Waals surface area contributed by atoms with E-state index in [1.54, 1.807) is 6.07 Å². The highest BCUT2D eigenvalue weighted by molar-refractivity contribution is 7.22. The van der Waals surface area contributed by atoms with Crippen molar-refractivity contribution < 1.29 is 14.5 Å². The van der Waals surface area contributed by atoms with Crippen molar-refractivity contribution in [2.24, 2.45) is 5.41 Å². The number of nitro groups is 1. The lowest BCUT2D eigenvalue weighted by Crippen LogP contribution is -2.34. The molecule has 1 unspecified atom stereocenters. The number of allylic oxidation sites excluding steroid dienone is 1. The molecule has 0 bridgehead atoms. The second kappa shape index (κ2) is 6.63. The molecule has 3 aromatic rings. The standard InChI is InChI=1S/C22H19N3O4S/c1-22(2)10-15(26)19-17(11-22)29-16-8-7-12(25(27)28)9-13(16)20(19)24-21-23-14-5-3-4-6-18(14)30-21/h3-9,20H,10-11H2,1-2H3,(H,23,24). The van der Waals surface area contributed by atoms with Gasteiger partial charge in [-0.25, -0.2) is 4.98 Å². The summed E-state index contributed by atoms with van der Waals surface area (Å²) < 4.78 is 7.11. The van der Waals surface area contributed by atoms with Crippen molar-refractivity contribution in [3.05, 3.63) is 69.5 Å². The fraction of sp³-hybridized carbons (Fsp3) is 0.273. The zero-order valence-corrected chi connectivity index (χ0v) is 17.3. The van der Waals surface area contributed by atoms with Gasteiger partial charge >= 0.3 is 0 Å². The molecule has 0 amide bonds. The topological polar surface area (TPSA) is 94.4 Å². The predicted molar refractivity (Wildman–Crippen MR) is 115 cm³/mol. The maximum atomic E-state index is 13.1. The summed E-state index contributed by atoms with van der Waals surface area (Å²) in [4.78, 5) is 28.7. The third kappa shape index (κ3) is 3.13. The second-order valence-corrected chi connectivity index (χ2v) is 9.45. The molecule has 8 heteroatoms. The third-order valence-corrected chi connectivity index (χ3v) is 6.45. The Morgan fingerprint density at radius 1 is 1.23 bits per heavy atom. The van der Waals surface area contributed by atoms with Crippen molar-refractivity contribution in [2.75, 3.05) is 5.32 Å². The van der Waals surface area contributed by atoms with Crippen molar-refractivity contribution >= 4 is 38.2 Å². The highest BCUT2D eigenvalue weighted by Crippen LogP contribution is 2.48. The molecular formula is C22H19N3O4S. The first-order chi connectivity index (χ1) is 14.3. The van der Waals surface area contributed by atoms with Crippen LogP contribution in [0.15, 0.2) is 53.8 Å². The lowest BCUT2D eigenvalue weighted by atomic mass is 9.73. The Hall–Kier alpha value is -3.26. The van der Waals surface area contributed by atoms with E-state index in [2.05, 4.69) is 10.3 Å². The predicted octanol–water partition coefficient (Wildman–Crippen LogP) is 5.39. The van der Waals surface area contributed by atoms with Crippen molar-refractivity contribution in [1.29, 1.82) is 0 Å². The molecular weight excluding hydrogens is 402 g/mol. The van der Waals surface area contributed by atoms with E-state index < -0.39 is 11.0 Å². The number of nitrogens with zero attached hydrogens (tertiary/aromatic N) is 2. The first-order valence-electron chi connectivity index (χ1n) is 9.65. The maximum absolute atomic E-state index is 13.1. The molecule has 2 aromatic carbocycles. The molecule has 1 aliphatic heterocycles.